The minimum atomic E-state index is -0.419. The Morgan fingerprint density at radius 2 is 1.60 bits per heavy atom. The van der Waals surface area contributed by atoms with E-state index in [1.165, 1.54) is 12.1 Å². The molecule has 0 saturated carbocycles. The molecule has 146 valence electrons. The molecule has 0 radical (unpaired) electrons. The van der Waals surface area contributed by atoms with Crippen molar-refractivity contribution in [3.8, 4) is 5.69 Å². The highest BCUT2D eigenvalue weighted by Gasteiger charge is 2.25. The molecule has 0 aliphatic heterocycles. The molecule has 0 aliphatic carbocycles. The summed E-state index contributed by atoms with van der Waals surface area (Å²) >= 11 is 0. The van der Waals surface area contributed by atoms with Crippen molar-refractivity contribution in [1.29, 1.82) is 0 Å². The highest BCUT2D eigenvalue weighted by Crippen LogP contribution is 2.31. The zero-order valence-corrected chi connectivity index (χ0v) is 15.7. The first-order valence-electron chi connectivity index (χ1n) is 9.31. The van der Waals surface area contributed by atoms with Crippen molar-refractivity contribution in [3.63, 3.8) is 0 Å². The summed E-state index contributed by atoms with van der Waals surface area (Å²) in [6.45, 7) is 0. The van der Waals surface area contributed by atoms with Gasteiger partial charge in [-0.2, -0.15) is 0 Å². The van der Waals surface area contributed by atoms with E-state index in [0.29, 0.717) is 33.6 Å². The lowest BCUT2D eigenvalue weighted by Crippen LogP contribution is -2.14. The molecule has 0 aliphatic rings. The van der Waals surface area contributed by atoms with E-state index >= 15 is 0 Å². The number of nitrogen functional groups attached to an aromatic ring is 1. The maximum Gasteiger partial charge on any atom is 0.261 e. The number of fused-ring (bicyclic) bond motifs is 2. The van der Waals surface area contributed by atoms with Crippen LogP contribution in [-0.2, 0) is 0 Å². The molecule has 3 aromatic carbocycles. The van der Waals surface area contributed by atoms with Crippen LogP contribution in [0.5, 0.6) is 0 Å². The maximum absolute atomic E-state index is 13.9. The molecule has 0 fully saturated rings. The number of amides is 1. The molecule has 0 spiro atoms. The SMILES string of the molecule is Nc1c(C(=O)Nc2ccccc2)c2nc3ccccc3nc2n1-c1cccc(F)c1. The highest BCUT2D eigenvalue weighted by molar-refractivity contribution is 6.16. The molecule has 3 N–H and O–H groups in total. The molecule has 7 heteroatoms. The van der Waals surface area contributed by atoms with Crippen LogP contribution in [0.25, 0.3) is 27.9 Å². The maximum atomic E-state index is 13.9. The van der Waals surface area contributed by atoms with Crippen LogP contribution in [0.4, 0.5) is 15.9 Å². The average Bonchev–Trinajstić information content (AvgIpc) is 3.03. The van der Waals surface area contributed by atoms with Crippen molar-refractivity contribution in [1.82, 2.24) is 14.5 Å². The van der Waals surface area contributed by atoms with Gasteiger partial charge in [-0.05, 0) is 42.5 Å². The Morgan fingerprint density at radius 3 is 2.33 bits per heavy atom. The van der Waals surface area contributed by atoms with E-state index in [9.17, 15) is 9.18 Å². The number of anilines is 2. The van der Waals surface area contributed by atoms with E-state index in [-0.39, 0.29) is 11.4 Å². The molecular weight excluding hydrogens is 381 g/mol. The van der Waals surface area contributed by atoms with Gasteiger partial charge in [0.25, 0.3) is 5.91 Å². The fraction of sp³-hybridized carbons (Fsp3) is 0. The molecule has 0 unspecified atom stereocenters. The van der Waals surface area contributed by atoms with Crippen molar-refractivity contribution < 1.29 is 9.18 Å². The van der Waals surface area contributed by atoms with Crippen LogP contribution < -0.4 is 11.1 Å². The van der Waals surface area contributed by atoms with Gasteiger partial charge in [0.05, 0.1) is 16.7 Å². The number of hydrogen-bond donors (Lipinski definition) is 2. The molecular formula is C23H16FN5O. The largest absolute Gasteiger partial charge is 0.384 e. The summed E-state index contributed by atoms with van der Waals surface area (Å²) in [5.74, 6) is -0.694. The summed E-state index contributed by atoms with van der Waals surface area (Å²) in [6, 6.07) is 22.4. The molecule has 0 atom stereocenters. The number of para-hydroxylation sites is 3. The minimum absolute atomic E-state index is 0.138. The zero-order chi connectivity index (χ0) is 20.7. The second-order valence-electron chi connectivity index (χ2n) is 6.78. The minimum Gasteiger partial charge on any atom is -0.384 e. The number of carbonyl (C=O) groups excluding carboxylic acids is 1. The Morgan fingerprint density at radius 1 is 0.900 bits per heavy atom. The number of rotatable bonds is 3. The molecule has 1 amide bonds. The van der Waals surface area contributed by atoms with Crippen molar-refractivity contribution in [2.45, 2.75) is 0 Å². The Balaban J connectivity index is 1.78. The van der Waals surface area contributed by atoms with Gasteiger partial charge in [0, 0.05) is 5.69 Å². The van der Waals surface area contributed by atoms with Gasteiger partial charge in [0.1, 0.15) is 22.7 Å². The van der Waals surface area contributed by atoms with Crippen LogP contribution in [0, 0.1) is 5.82 Å². The molecule has 2 aromatic heterocycles. The number of nitrogens with one attached hydrogen (secondary N) is 1. The monoisotopic (exact) mass is 397 g/mol. The Hall–Kier alpha value is -4.26. The molecule has 5 rings (SSSR count). The van der Waals surface area contributed by atoms with Crippen molar-refractivity contribution >= 4 is 39.6 Å². The van der Waals surface area contributed by atoms with Crippen molar-refractivity contribution in [3.05, 3.63) is 90.2 Å². The van der Waals surface area contributed by atoms with E-state index < -0.39 is 11.7 Å². The van der Waals surface area contributed by atoms with Crippen LogP contribution in [0.2, 0.25) is 0 Å². The quantitative estimate of drug-likeness (QED) is 0.468. The van der Waals surface area contributed by atoms with Crippen LogP contribution in [0.1, 0.15) is 10.4 Å². The Kier molecular flexibility index (Phi) is 4.14. The third kappa shape index (κ3) is 2.93. The Labute approximate surface area is 170 Å². The van der Waals surface area contributed by atoms with Gasteiger partial charge in [-0.15, -0.1) is 0 Å². The smallest absolute Gasteiger partial charge is 0.261 e. The molecule has 30 heavy (non-hydrogen) atoms. The standard InChI is InChI=1S/C23H16FN5O/c24-14-7-6-10-16(13-14)29-21(25)19(23(30)26-15-8-2-1-3-9-15)20-22(29)28-18-12-5-4-11-17(18)27-20/h1-13H,25H2,(H,26,30). The van der Waals surface area contributed by atoms with Gasteiger partial charge in [-0.1, -0.05) is 36.4 Å². The second-order valence-corrected chi connectivity index (χ2v) is 6.78. The fourth-order valence-electron chi connectivity index (χ4n) is 3.48. The van der Waals surface area contributed by atoms with Crippen molar-refractivity contribution in [2.75, 3.05) is 11.1 Å². The number of benzene rings is 3. The van der Waals surface area contributed by atoms with E-state index in [0.717, 1.165) is 0 Å². The first-order valence-corrected chi connectivity index (χ1v) is 9.31. The predicted molar refractivity (Wildman–Crippen MR) is 115 cm³/mol. The van der Waals surface area contributed by atoms with Crippen LogP contribution in [0.15, 0.2) is 78.9 Å². The number of aromatic nitrogens is 3. The lowest BCUT2D eigenvalue weighted by molar-refractivity contribution is 0.102. The summed E-state index contributed by atoms with van der Waals surface area (Å²) in [7, 11) is 0. The Bertz CT molecular complexity index is 1410. The van der Waals surface area contributed by atoms with Gasteiger partial charge >= 0.3 is 0 Å². The van der Waals surface area contributed by atoms with Gasteiger partial charge in [0.2, 0.25) is 0 Å². The summed E-state index contributed by atoms with van der Waals surface area (Å²) in [5.41, 5.74) is 9.71. The van der Waals surface area contributed by atoms with Crippen LogP contribution in [-0.4, -0.2) is 20.4 Å². The lowest BCUT2D eigenvalue weighted by Gasteiger charge is -2.08. The van der Waals surface area contributed by atoms with E-state index in [1.54, 1.807) is 28.8 Å². The second kappa shape index (κ2) is 6.97. The number of carbonyl (C=O) groups is 1. The fourth-order valence-corrected chi connectivity index (χ4v) is 3.48. The third-order valence-corrected chi connectivity index (χ3v) is 4.82. The van der Waals surface area contributed by atoms with E-state index in [2.05, 4.69) is 15.3 Å². The van der Waals surface area contributed by atoms with Gasteiger partial charge in [-0.3, -0.25) is 9.36 Å². The van der Waals surface area contributed by atoms with Gasteiger partial charge in [-0.25, -0.2) is 14.4 Å². The first-order chi connectivity index (χ1) is 14.6. The summed E-state index contributed by atoms with van der Waals surface area (Å²) in [6.07, 6.45) is 0. The highest BCUT2D eigenvalue weighted by atomic mass is 19.1. The summed E-state index contributed by atoms with van der Waals surface area (Å²) < 4.78 is 15.5. The number of nitrogens with two attached hydrogens (primary N) is 1. The van der Waals surface area contributed by atoms with Gasteiger partial charge < -0.3 is 11.1 Å². The van der Waals surface area contributed by atoms with Crippen LogP contribution >= 0.6 is 0 Å². The first kappa shape index (κ1) is 17.8. The lowest BCUT2D eigenvalue weighted by atomic mass is 10.2. The molecule has 6 nitrogen and oxygen atoms in total. The van der Waals surface area contributed by atoms with Crippen LogP contribution in [0.3, 0.4) is 0 Å². The summed E-state index contributed by atoms with van der Waals surface area (Å²) in [4.78, 5) is 22.5. The van der Waals surface area contributed by atoms with E-state index in [1.807, 2.05) is 42.5 Å². The van der Waals surface area contributed by atoms with Gasteiger partial charge in [0.15, 0.2) is 5.65 Å². The number of hydrogen-bond acceptors (Lipinski definition) is 4. The number of halogens is 1. The molecule has 0 saturated heterocycles. The van der Waals surface area contributed by atoms with E-state index in [4.69, 9.17) is 5.73 Å². The van der Waals surface area contributed by atoms with Crippen molar-refractivity contribution in [2.24, 2.45) is 0 Å². The normalized spacial score (nSPS) is 11.1. The third-order valence-electron chi connectivity index (χ3n) is 4.82. The zero-order valence-electron chi connectivity index (χ0n) is 15.7. The molecule has 5 aromatic rings. The number of nitrogens with zero attached hydrogens (tertiary/aromatic N) is 3. The molecule has 2 heterocycles. The predicted octanol–water partition coefficient (Wildman–Crippen LogP) is 4.55. The topological polar surface area (TPSA) is 85.8 Å². The molecule has 0 bridgehead atoms. The average molecular weight is 397 g/mol. The summed E-state index contributed by atoms with van der Waals surface area (Å²) in [5, 5.41) is 2.84.